The Kier molecular flexibility index (Phi) is 6.09. The number of hydrogen-bond acceptors (Lipinski definition) is 6. The van der Waals surface area contributed by atoms with Crippen LogP contribution in [0.5, 0.6) is 0 Å². The molecule has 0 spiro atoms. The topological polar surface area (TPSA) is 87.4 Å². The Morgan fingerprint density at radius 3 is 2.19 bits per heavy atom. The highest BCUT2D eigenvalue weighted by molar-refractivity contribution is 5.49. The van der Waals surface area contributed by atoms with Crippen LogP contribution in [-0.2, 0) is 6.42 Å². The molecule has 146 valence electrons. The lowest BCUT2D eigenvalue weighted by Crippen LogP contribution is -2.62. The van der Waals surface area contributed by atoms with Gasteiger partial charge >= 0.3 is 0 Å². The molecule has 8 heteroatoms. The Balaban J connectivity index is 1.70. The van der Waals surface area contributed by atoms with Crippen molar-refractivity contribution in [2.75, 3.05) is 37.7 Å². The molecule has 26 heavy (non-hydrogen) atoms. The standard InChI is InChI=1S/C18H26F2N2O4/c19-13-7-11(21-4-1-2-5-21)8-14(20)12(13)3-6-22-9-16(24)18(26)17(25)15(22)10-23/h7-8,15-18,23-26H,1-6,9-10H2/t15-,16-,17+,18+/m0/s1. The Morgan fingerprint density at radius 2 is 1.62 bits per heavy atom. The zero-order valence-electron chi connectivity index (χ0n) is 14.6. The summed E-state index contributed by atoms with van der Waals surface area (Å²) in [6.07, 6.45) is -1.80. The van der Waals surface area contributed by atoms with Crippen LogP contribution in [0.2, 0.25) is 0 Å². The molecule has 0 unspecified atom stereocenters. The van der Waals surface area contributed by atoms with Crippen LogP contribution in [0.1, 0.15) is 18.4 Å². The first-order chi connectivity index (χ1) is 12.4. The number of benzene rings is 1. The first-order valence-electron chi connectivity index (χ1n) is 9.04. The van der Waals surface area contributed by atoms with E-state index in [1.54, 1.807) is 4.90 Å². The minimum absolute atomic E-state index is 0.0125. The van der Waals surface area contributed by atoms with Crippen molar-refractivity contribution in [3.05, 3.63) is 29.3 Å². The van der Waals surface area contributed by atoms with Gasteiger partial charge in [0.1, 0.15) is 23.8 Å². The quantitative estimate of drug-likeness (QED) is 0.576. The van der Waals surface area contributed by atoms with Gasteiger partial charge in [-0.05, 0) is 31.4 Å². The fourth-order valence-electron chi connectivity index (χ4n) is 3.88. The highest BCUT2D eigenvalue weighted by Gasteiger charge is 2.40. The third kappa shape index (κ3) is 3.84. The fourth-order valence-corrected chi connectivity index (χ4v) is 3.88. The molecular weight excluding hydrogens is 346 g/mol. The van der Waals surface area contributed by atoms with Crippen LogP contribution in [-0.4, -0.2) is 82.5 Å². The van der Waals surface area contributed by atoms with Crippen LogP contribution in [0, 0.1) is 11.6 Å². The highest BCUT2D eigenvalue weighted by atomic mass is 19.1. The van der Waals surface area contributed by atoms with E-state index in [1.165, 1.54) is 12.1 Å². The second-order valence-electron chi connectivity index (χ2n) is 7.13. The molecule has 2 heterocycles. The van der Waals surface area contributed by atoms with Crippen molar-refractivity contribution in [1.29, 1.82) is 0 Å². The van der Waals surface area contributed by atoms with Crippen LogP contribution >= 0.6 is 0 Å². The molecule has 4 atom stereocenters. The molecular formula is C18H26F2N2O4. The van der Waals surface area contributed by atoms with Gasteiger partial charge in [-0.25, -0.2) is 8.78 Å². The number of aliphatic hydroxyl groups excluding tert-OH is 4. The number of nitrogens with zero attached hydrogens (tertiary/aromatic N) is 2. The van der Waals surface area contributed by atoms with Gasteiger partial charge < -0.3 is 25.3 Å². The number of anilines is 1. The summed E-state index contributed by atoms with van der Waals surface area (Å²) in [6, 6.07) is 1.90. The Hall–Kier alpha value is -1.32. The van der Waals surface area contributed by atoms with E-state index in [2.05, 4.69) is 0 Å². The molecule has 0 radical (unpaired) electrons. The second kappa shape index (κ2) is 8.14. The normalized spacial score (nSPS) is 30.2. The highest BCUT2D eigenvalue weighted by Crippen LogP contribution is 2.26. The van der Waals surface area contributed by atoms with Gasteiger partial charge in [0.05, 0.1) is 18.8 Å². The molecule has 6 nitrogen and oxygen atoms in total. The largest absolute Gasteiger partial charge is 0.395 e. The molecule has 2 fully saturated rings. The zero-order chi connectivity index (χ0) is 18.8. The van der Waals surface area contributed by atoms with Gasteiger partial charge in [0.15, 0.2) is 0 Å². The molecule has 1 aromatic rings. The molecule has 0 saturated carbocycles. The van der Waals surface area contributed by atoms with E-state index in [0.717, 1.165) is 25.9 Å². The Morgan fingerprint density at radius 1 is 1.00 bits per heavy atom. The van der Waals surface area contributed by atoms with Crippen molar-refractivity contribution in [2.45, 2.75) is 43.6 Å². The van der Waals surface area contributed by atoms with E-state index in [9.17, 15) is 29.2 Å². The minimum Gasteiger partial charge on any atom is -0.395 e. The number of aliphatic hydroxyl groups is 4. The van der Waals surface area contributed by atoms with E-state index in [4.69, 9.17) is 0 Å². The monoisotopic (exact) mass is 372 g/mol. The summed E-state index contributed by atoms with van der Waals surface area (Å²) in [4.78, 5) is 3.51. The first-order valence-corrected chi connectivity index (χ1v) is 9.04. The molecule has 4 N–H and O–H groups in total. The van der Waals surface area contributed by atoms with Crippen LogP contribution in [0.4, 0.5) is 14.5 Å². The molecule has 0 bridgehead atoms. The van der Waals surface area contributed by atoms with Gasteiger partial charge in [-0.2, -0.15) is 0 Å². The third-order valence-corrected chi connectivity index (χ3v) is 5.46. The van der Waals surface area contributed by atoms with Crippen molar-refractivity contribution in [1.82, 2.24) is 4.90 Å². The lowest BCUT2D eigenvalue weighted by molar-refractivity contribution is -0.144. The molecule has 0 aliphatic carbocycles. The van der Waals surface area contributed by atoms with Crippen molar-refractivity contribution in [2.24, 2.45) is 0 Å². The number of β-amino-alcohol motifs (C(OH)–C–C–N with tert-alkyl or cyclic N) is 1. The van der Waals surface area contributed by atoms with Crippen LogP contribution in [0.25, 0.3) is 0 Å². The van der Waals surface area contributed by atoms with Crippen LogP contribution in [0.15, 0.2) is 12.1 Å². The summed E-state index contributed by atoms with van der Waals surface area (Å²) < 4.78 is 28.9. The Bertz CT molecular complexity index is 604. The number of hydrogen-bond donors (Lipinski definition) is 4. The molecule has 1 aromatic carbocycles. The third-order valence-electron chi connectivity index (χ3n) is 5.46. The maximum Gasteiger partial charge on any atom is 0.131 e. The maximum atomic E-state index is 14.4. The van der Waals surface area contributed by atoms with E-state index < -0.39 is 42.6 Å². The molecule has 3 rings (SSSR count). The first kappa shape index (κ1) is 19.4. The summed E-state index contributed by atoms with van der Waals surface area (Å²) >= 11 is 0. The van der Waals surface area contributed by atoms with Gasteiger partial charge in [0.2, 0.25) is 0 Å². The summed E-state index contributed by atoms with van der Waals surface area (Å²) in [5.74, 6) is -1.24. The summed E-state index contributed by atoms with van der Waals surface area (Å²) in [7, 11) is 0. The van der Waals surface area contributed by atoms with E-state index in [0.29, 0.717) is 5.69 Å². The number of halogens is 2. The number of likely N-dealkylation sites (tertiary alicyclic amines) is 1. The molecule has 2 saturated heterocycles. The number of piperidine rings is 1. The van der Waals surface area contributed by atoms with Crippen molar-refractivity contribution in [3.63, 3.8) is 0 Å². The van der Waals surface area contributed by atoms with Crippen molar-refractivity contribution < 1.29 is 29.2 Å². The lowest BCUT2D eigenvalue weighted by Gasteiger charge is -2.43. The minimum atomic E-state index is -1.35. The summed E-state index contributed by atoms with van der Waals surface area (Å²) in [5, 5.41) is 38.9. The van der Waals surface area contributed by atoms with Gasteiger partial charge in [-0.1, -0.05) is 0 Å². The van der Waals surface area contributed by atoms with Gasteiger partial charge in [-0.3, -0.25) is 4.90 Å². The average molecular weight is 372 g/mol. The van der Waals surface area contributed by atoms with E-state index >= 15 is 0 Å². The predicted octanol–water partition coefficient (Wildman–Crippen LogP) is -0.133. The van der Waals surface area contributed by atoms with Crippen LogP contribution < -0.4 is 4.90 Å². The average Bonchev–Trinajstić information content (AvgIpc) is 3.13. The van der Waals surface area contributed by atoms with E-state index in [1.807, 2.05) is 4.90 Å². The van der Waals surface area contributed by atoms with Crippen molar-refractivity contribution >= 4 is 5.69 Å². The predicted molar refractivity (Wildman–Crippen MR) is 92.0 cm³/mol. The Labute approximate surface area is 151 Å². The molecule has 0 amide bonds. The van der Waals surface area contributed by atoms with Crippen molar-refractivity contribution in [3.8, 4) is 0 Å². The smallest absolute Gasteiger partial charge is 0.131 e. The zero-order valence-corrected chi connectivity index (χ0v) is 14.6. The van der Waals surface area contributed by atoms with E-state index in [-0.39, 0.29) is 25.1 Å². The second-order valence-corrected chi connectivity index (χ2v) is 7.13. The molecule has 2 aliphatic rings. The number of rotatable bonds is 5. The van der Waals surface area contributed by atoms with Crippen LogP contribution in [0.3, 0.4) is 0 Å². The fraction of sp³-hybridized carbons (Fsp3) is 0.667. The van der Waals surface area contributed by atoms with Gasteiger partial charge in [0, 0.05) is 37.4 Å². The lowest BCUT2D eigenvalue weighted by atomic mass is 9.93. The van der Waals surface area contributed by atoms with Gasteiger partial charge in [0.25, 0.3) is 0 Å². The maximum absolute atomic E-state index is 14.4. The SMILES string of the molecule is OC[C@H]1[C@@H](O)[C@H](O)[C@@H](O)CN1CCc1c(F)cc(N2CCCC2)cc1F. The molecule has 2 aliphatic heterocycles. The summed E-state index contributed by atoms with van der Waals surface area (Å²) in [6.45, 7) is 1.32. The molecule has 0 aromatic heterocycles. The van der Waals surface area contributed by atoms with Gasteiger partial charge in [-0.15, -0.1) is 0 Å². The summed E-state index contributed by atoms with van der Waals surface area (Å²) in [5.41, 5.74) is 0.487.